The molecule has 0 unspecified atom stereocenters. The number of hydrogen-bond acceptors (Lipinski definition) is 3. The van der Waals surface area contributed by atoms with E-state index >= 15 is 0 Å². The fourth-order valence-corrected chi connectivity index (χ4v) is 2.19. The van der Waals surface area contributed by atoms with Crippen molar-refractivity contribution in [2.45, 2.75) is 13.0 Å². The Morgan fingerprint density at radius 3 is 3.00 bits per heavy atom. The van der Waals surface area contributed by atoms with Crippen LogP contribution in [0.4, 0.5) is 10.1 Å². The molecule has 1 fully saturated rings. The number of halogens is 1. The van der Waals surface area contributed by atoms with Crippen LogP contribution in [0.2, 0.25) is 0 Å². The molecule has 4 nitrogen and oxygen atoms in total. The molecular formula is C13H18FN3O. The summed E-state index contributed by atoms with van der Waals surface area (Å²) in [5.41, 5.74) is 0.990. The summed E-state index contributed by atoms with van der Waals surface area (Å²) in [6, 6.07) is 5.09. The van der Waals surface area contributed by atoms with Gasteiger partial charge >= 0.3 is 0 Å². The minimum absolute atomic E-state index is 0.0983. The average molecular weight is 251 g/mol. The summed E-state index contributed by atoms with van der Waals surface area (Å²) in [6.45, 7) is 4.73. The first-order chi connectivity index (χ1) is 8.61. The monoisotopic (exact) mass is 251 g/mol. The number of anilines is 1. The number of carbonyl (C=O) groups is 1. The predicted octanol–water partition coefficient (Wildman–Crippen LogP) is 0.983. The van der Waals surface area contributed by atoms with E-state index in [0.29, 0.717) is 6.04 Å². The second-order valence-corrected chi connectivity index (χ2v) is 4.54. The number of benzene rings is 1. The van der Waals surface area contributed by atoms with Gasteiger partial charge in [-0.25, -0.2) is 4.39 Å². The number of amides is 1. The Kier molecular flexibility index (Phi) is 3.81. The number of nitrogens with one attached hydrogen (secondary N) is 2. The molecule has 98 valence electrons. The number of piperazine rings is 1. The number of hydrogen-bond donors (Lipinski definition) is 2. The summed E-state index contributed by atoms with van der Waals surface area (Å²) in [5, 5.41) is 5.80. The highest BCUT2D eigenvalue weighted by atomic mass is 19.1. The van der Waals surface area contributed by atoms with E-state index in [1.165, 1.54) is 13.1 Å². The van der Waals surface area contributed by atoms with Crippen molar-refractivity contribution in [3.8, 4) is 0 Å². The van der Waals surface area contributed by atoms with Crippen LogP contribution in [0.25, 0.3) is 0 Å². The maximum atomic E-state index is 13.6. The Bertz CT molecular complexity index is 450. The van der Waals surface area contributed by atoms with Crippen molar-refractivity contribution in [1.82, 2.24) is 10.6 Å². The van der Waals surface area contributed by atoms with Gasteiger partial charge in [-0.2, -0.15) is 0 Å². The maximum Gasteiger partial charge on any atom is 0.254 e. The summed E-state index contributed by atoms with van der Waals surface area (Å²) in [7, 11) is 1.50. The van der Waals surface area contributed by atoms with Crippen LogP contribution < -0.4 is 15.5 Å². The smallest absolute Gasteiger partial charge is 0.254 e. The quantitative estimate of drug-likeness (QED) is 0.823. The molecule has 2 rings (SSSR count). The first-order valence-corrected chi connectivity index (χ1v) is 6.12. The van der Waals surface area contributed by atoms with Gasteiger partial charge in [-0.05, 0) is 25.1 Å². The van der Waals surface area contributed by atoms with Crippen LogP contribution in [0, 0.1) is 5.82 Å². The molecule has 18 heavy (non-hydrogen) atoms. The fourth-order valence-electron chi connectivity index (χ4n) is 2.19. The van der Waals surface area contributed by atoms with E-state index in [0.717, 1.165) is 25.3 Å². The zero-order chi connectivity index (χ0) is 13.1. The number of rotatable bonds is 2. The Balaban J connectivity index is 2.26. The van der Waals surface area contributed by atoms with Crippen molar-refractivity contribution >= 4 is 11.6 Å². The standard InChI is InChI=1S/C13H18FN3O/c1-9-8-17(6-5-16-9)10-3-4-12(14)11(7-10)13(18)15-2/h3-4,7,9,16H,5-6,8H2,1-2H3,(H,15,18)/t9-/m1/s1. The third kappa shape index (κ3) is 2.61. The zero-order valence-electron chi connectivity index (χ0n) is 10.7. The highest BCUT2D eigenvalue weighted by Gasteiger charge is 2.18. The first-order valence-electron chi connectivity index (χ1n) is 6.12. The normalized spacial score (nSPS) is 19.7. The van der Waals surface area contributed by atoms with Gasteiger partial charge in [0.2, 0.25) is 0 Å². The summed E-state index contributed by atoms with van der Waals surface area (Å²) in [6.07, 6.45) is 0. The van der Waals surface area contributed by atoms with Crippen molar-refractivity contribution in [3.63, 3.8) is 0 Å². The van der Waals surface area contributed by atoms with Crippen molar-refractivity contribution in [2.24, 2.45) is 0 Å². The Morgan fingerprint density at radius 1 is 1.56 bits per heavy atom. The van der Waals surface area contributed by atoms with E-state index in [2.05, 4.69) is 22.5 Å². The molecule has 1 aromatic rings. The van der Waals surface area contributed by atoms with Crippen LogP contribution in [-0.2, 0) is 0 Å². The molecular weight excluding hydrogens is 233 g/mol. The van der Waals surface area contributed by atoms with Gasteiger partial charge in [0.1, 0.15) is 5.82 Å². The maximum absolute atomic E-state index is 13.6. The van der Waals surface area contributed by atoms with Gasteiger partial charge < -0.3 is 15.5 Å². The van der Waals surface area contributed by atoms with Crippen LogP contribution in [0.15, 0.2) is 18.2 Å². The molecule has 1 saturated heterocycles. The van der Waals surface area contributed by atoms with Gasteiger partial charge in [-0.15, -0.1) is 0 Å². The van der Waals surface area contributed by atoms with Gasteiger partial charge in [0, 0.05) is 38.4 Å². The van der Waals surface area contributed by atoms with Crippen LogP contribution in [0.5, 0.6) is 0 Å². The van der Waals surface area contributed by atoms with Crippen molar-refractivity contribution in [3.05, 3.63) is 29.6 Å². The minimum Gasteiger partial charge on any atom is -0.369 e. The van der Waals surface area contributed by atoms with Gasteiger partial charge in [0.05, 0.1) is 5.56 Å². The fraction of sp³-hybridized carbons (Fsp3) is 0.462. The van der Waals surface area contributed by atoms with Crippen molar-refractivity contribution in [2.75, 3.05) is 31.6 Å². The van der Waals surface area contributed by atoms with E-state index < -0.39 is 11.7 Å². The average Bonchev–Trinajstić information content (AvgIpc) is 2.38. The van der Waals surface area contributed by atoms with Crippen LogP contribution in [0.3, 0.4) is 0 Å². The van der Waals surface area contributed by atoms with Crippen LogP contribution >= 0.6 is 0 Å². The Morgan fingerprint density at radius 2 is 2.33 bits per heavy atom. The lowest BCUT2D eigenvalue weighted by Crippen LogP contribution is -2.49. The van der Waals surface area contributed by atoms with Crippen molar-refractivity contribution < 1.29 is 9.18 Å². The largest absolute Gasteiger partial charge is 0.369 e. The molecule has 2 N–H and O–H groups in total. The predicted molar refractivity (Wildman–Crippen MR) is 69.5 cm³/mol. The molecule has 0 saturated carbocycles. The molecule has 0 radical (unpaired) electrons. The van der Waals surface area contributed by atoms with E-state index in [4.69, 9.17) is 0 Å². The lowest BCUT2D eigenvalue weighted by molar-refractivity contribution is 0.0959. The molecule has 0 bridgehead atoms. The molecule has 1 atom stereocenters. The van der Waals surface area contributed by atoms with Gasteiger partial charge in [0.25, 0.3) is 5.91 Å². The van der Waals surface area contributed by atoms with Crippen LogP contribution in [0.1, 0.15) is 17.3 Å². The summed E-state index contributed by atoms with van der Waals surface area (Å²) in [5.74, 6) is -0.876. The molecule has 1 heterocycles. The molecule has 0 aliphatic carbocycles. The molecule has 0 spiro atoms. The van der Waals surface area contributed by atoms with E-state index in [-0.39, 0.29) is 5.56 Å². The Labute approximate surface area is 106 Å². The third-order valence-corrected chi connectivity index (χ3v) is 3.16. The second kappa shape index (κ2) is 5.35. The SMILES string of the molecule is CNC(=O)c1cc(N2CCN[C@H](C)C2)ccc1F. The molecule has 1 aromatic carbocycles. The van der Waals surface area contributed by atoms with E-state index in [1.807, 2.05) is 0 Å². The molecule has 1 amide bonds. The van der Waals surface area contributed by atoms with Gasteiger partial charge in [-0.3, -0.25) is 4.79 Å². The van der Waals surface area contributed by atoms with Crippen LogP contribution in [-0.4, -0.2) is 38.6 Å². The lowest BCUT2D eigenvalue weighted by atomic mass is 10.1. The highest BCUT2D eigenvalue weighted by molar-refractivity contribution is 5.95. The number of nitrogens with zero attached hydrogens (tertiary/aromatic N) is 1. The van der Waals surface area contributed by atoms with E-state index in [9.17, 15) is 9.18 Å². The zero-order valence-corrected chi connectivity index (χ0v) is 10.7. The topological polar surface area (TPSA) is 44.4 Å². The second-order valence-electron chi connectivity index (χ2n) is 4.54. The number of carbonyl (C=O) groups excluding carboxylic acids is 1. The van der Waals surface area contributed by atoms with Crippen molar-refractivity contribution in [1.29, 1.82) is 0 Å². The molecule has 1 aliphatic heterocycles. The van der Waals surface area contributed by atoms with Gasteiger partial charge in [-0.1, -0.05) is 0 Å². The van der Waals surface area contributed by atoms with Gasteiger partial charge in [0.15, 0.2) is 0 Å². The summed E-state index contributed by atoms with van der Waals surface area (Å²) < 4.78 is 13.6. The lowest BCUT2D eigenvalue weighted by Gasteiger charge is -2.33. The molecule has 1 aliphatic rings. The summed E-state index contributed by atoms with van der Waals surface area (Å²) >= 11 is 0. The molecule has 5 heteroatoms. The third-order valence-electron chi connectivity index (χ3n) is 3.16. The first kappa shape index (κ1) is 12.8. The summed E-state index contributed by atoms with van der Waals surface area (Å²) in [4.78, 5) is 13.7. The Hall–Kier alpha value is -1.62. The highest BCUT2D eigenvalue weighted by Crippen LogP contribution is 2.20. The van der Waals surface area contributed by atoms with E-state index in [1.54, 1.807) is 12.1 Å². The molecule has 0 aromatic heterocycles. The minimum atomic E-state index is -0.485.